The van der Waals surface area contributed by atoms with Gasteiger partial charge in [0.25, 0.3) is 0 Å². The van der Waals surface area contributed by atoms with Crippen molar-refractivity contribution in [1.82, 2.24) is 0 Å². The van der Waals surface area contributed by atoms with Crippen LogP contribution in [-0.2, 0) is 0 Å². The van der Waals surface area contributed by atoms with Gasteiger partial charge in [-0.2, -0.15) is 0 Å². The summed E-state index contributed by atoms with van der Waals surface area (Å²) in [5.41, 5.74) is 7.25. The summed E-state index contributed by atoms with van der Waals surface area (Å²) in [7, 11) is 1.48. The second-order valence-corrected chi connectivity index (χ2v) is 4.82. The Morgan fingerprint density at radius 3 is 2.65 bits per heavy atom. The molecule has 1 aliphatic carbocycles. The molecule has 1 aliphatic rings. The standard InChI is InChI=1S/C14H20FNO/c1-17-13-9-11(7-8-12(13)15)14(16)10-5-3-2-4-6-10/h7-10,14H,2-6,16H2,1H3. The smallest absolute Gasteiger partial charge is 0.165 e. The zero-order valence-corrected chi connectivity index (χ0v) is 10.3. The number of halogens is 1. The molecule has 1 aromatic carbocycles. The van der Waals surface area contributed by atoms with Gasteiger partial charge in [-0.3, -0.25) is 0 Å². The molecule has 1 atom stereocenters. The van der Waals surface area contributed by atoms with E-state index in [0.717, 1.165) is 5.56 Å². The lowest BCUT2D eigenvalue weighted by Crippen LogP contribution is -2.23. The lowest BCUT2D eigenvalue weighted by molar-refractivity contribution is 0.307. The van der Waals surface area contributed by atoms with Crippen LogP contribution in [0.25, 0.3) is 0 Å². The normalized spacial score (nSPS) is 19.0. The van der Waals surface area contributed by atoms with Gasteiger partial charge in [0.2, 0.25) is 0 Å². The van der Waals surface area contributed by atoms with Crippen LogP contribution >= 0.6 is 0 Å². The minimum absolute atomic E-state index is 0.00444. The van der Waals surface area contributed by atoms with E-state index in [9.17, 15) is 4.39 Å². The number of ether oxygens (including phenoxy) is 1. The first kappa shape index (κ1) is 12.4. The molecule has 0 saturated heterocycles. The minimum Gasteiger partial charge on any atom is -0.494 e. The molecule has 0 bridgehead atoms. The van der Waals surface area contributed by atoms with E-state index in [-0.39, 0.29) is 17.6 Å². The molecule has 3 heteroatoms. The fourth-order valence-corrected chi connectivity index (χ4v) is 2.65. The van der Waals surface area contributed by atoms with Crippen LogP contribution in [0, 0.1) is 11.7 Å². The third-order valence-corrected chi connectivity index (χ3v) is 3.72. The first-order chi connectivity index (χ1) is 8.22. The predicted octanol–water partition coefficient (Wildman–Crippen LogP) is 3.41. The molecular weight excluding hydrogens is 217 g/mol. The molecule has 1 aromatic rings. The van der Waals surface area contributed by atoms with Crippen molar-refractivity contribution in [1.29, 1.82) is 0 Å². The van der Waals surface area contributed by atoms with Gasteiger partial charge in [0.15, 0.2) is 11.6 Å². The fraction of sp³-hybridized carbons (Fsp3) is 0.571. The third kappa shape index (κ3) is 2.78. The quantitative estimate of drug-likeness (QED) is 0.874. The summed E-state index contributed by atoms with van der Waals surface area (Å²) in [6.07, 6.45) is 6.20. The number of nitrogens with two attached hydrogens (primary N) is 1. The van der Waals surface area contributed by atoms with Crippen molar-refractivity contribution < 1.29 is 9.13 Å². The van der Waals surface area contributed by atoms with Crippen molar-refractivity contribution in [2.75, 3.05) is 7.11 Å². The van der Waals surface area contributed by atoms with Gasteiger partial charge in [-0.25, -0.2) is 4.39 Å². The largest absolute Gasteiger partial charge is 0.494 e. The molecule has 17 heavy (non-hydrogen) atoms. The Bertz CT molecular complexity index is 374. The van der Waals surface area contributed by atoms with Crippen molar-refractivity contribution >= 4 is 0 Å². The van der Waals surface area contributed by atoms with Gasteiger partial charge in [0.1, 0.15) is 0 Å². The highest BCUT2D eigenvalue weighted by Gasteiger charge is 2.22. The highest BCUT2D eigenvalue weighted by Crippen LogP contribution is 2.34. The van der Waals surface area contributed by atoms with Gasteiger partial charge in [0.05, 0.1) is 7.11 Å². The number of rotatable bonds is 3. The molecule has 0 amide bonds. The SMILES string of the molecule is COc1cc(C(N)C2CCCCC2)ccc1F. The number of benzene rings is 1. The van der Waals surface area contributed by atoms with E-state index in [1.807, 2.05) is 0 Å². The number of hydrogen-bond donors (Lipinski definition) is 1. The Morgan fingerprint density at radius 1 is 1.29 bits per heavy atom. The van der Waals surface area contributed by atoms with Gasteiger partial charge in [0, 0.05) is 6.04 Å². The van der Waals surface area contributed by atoms with Crippen molar-refractivity contribution in [3.8, 4) is 5.75 Å². The number of methoxy groups -OCH3 is 1. The van der Waals surface area contributed by atoms with Crippen LogP contribution in [0.2, 0.25) is 0 Å². The summed E-state index contributed by atoms with van der Waals surface area (Å²) in [6.45, 7) is 0. The third-order valence-electron chi connectivity index (χ3n) is 3.72. The van der Waals surface area contributed by atoms with E-state index < -0.39 is 0 Å². The van der Waals surface area contributed by atoms with E-state index in [0.29, 0.717) is 5.92 Å². The summed E-state index contributed by atoms with van der Waals surface area (Å²) in [6, 6.07) is 4.95. The van der Waals surface area contributed by atoms with Crippen LogP contribution in [-0.4, -0.2) is 7.11 Å². The minimum atomic E-state index is -0.327. The zero-order chi connectivity index (χ0) is 12.3. The maximum Gasteiger partial charge on any atom is 0.165 e. The van der Waals surface area contributed by atoms with Gasteiger partial charge >= 0.3 is 0 Å². The highest BCUT2D eigenvalue weighted by molar-refractivity contribution is 5.32. The number of hydrogen-bond acceptors (Lipinski definition) is 2. The Morgan fingerprint density at radius 2 is 2.00 bits per heavy atom. The molecule has 0 aliphatic heterocycles. The molecular formula is C14H20FNO. The molecule has 2 nitrogen and oxygen atoms in total. The van der Waals surface area contributed by atoms with E-state index in [1.54, 1.807) is 12.1 Å². The Labute approximate surface area is 102 Å². The van der Waals surface area contributed by atoms with Crippen molar-refractivity contribution in [3.05, 3.63) is 29.6 Å². The first-order valence-corrected chi connectivity index (χ1v) is 6.31. The van der Waals surface area contributed by atoms with Crippen molar-refractivity contribution in [2.45, 2.75) is 38.1 Å². The summed E-state index contributed by atoms with van der Waals surface area (Å²) >= 11 is 0. The maximum absolute atomic E-state index is 13.3. The summed E-state index contributed by atoms with van der Waals surface area (Å²) in [5, 5.41) is 0. The summed E-state index contributed by atoms with van der Waals surface area (Å²) in [5.74, 6) is 0.486. The lowest BCUT2D eigenvalue weighted by atomic mass is 9.81. The monoisotopic (exact) mass is 237 g/mol. The van der Waals surface area contributed by atoms with E-state index >= 15 is 0 Å². The Hall–Kier alpha value is -1.09. The molecule has 0 spiro atoms. The van der Waals surface area contributed by atoms with Crippen molar-refractivity contribution in [3.63, 3.8) is 0 Å². The molecule has 2 N–H and O–H groups in total. The molecule has 0 heterocycles. The highest BCUT2D eigenvalue weighted by atomic mass is 19.1. The molecule has 1 fully saturated rings. The van der Waals surface area contributed by atoms with E-state index in [4.69, 9.17) is 10.5 Å². The summed E-state index contributed by atoms with van der Waals surface area (Å²) < 4.78 is 18.3. The molecule has 94 valence electrons. The molecule has 2 rings (SSSR count). The van der Waals surface area contributed by atoms with Gasteiger partial charge in [-0.05, 0) is 36.5 Å². The van der Waals surface area contributed by atoms with Crippen LogP contribution in [0.15, 0.2) is 18.2 Å². The van der Waals surface area contributed by atoms with Gasteiger partial charge in [-0.1, -0.05) is 25.3 Å². The predicted molar refractivity (Wildman–Crippen MR) is 66.5 cm³/mol. The second kappa shape index (κ2) is 5.50. The van der Waals surface area contributed by atoms with E-state index in [2.05, 4.69) is 0 Å². The van der Waals surface area contributed by atoms with Crippen LogP contribution in [0.5, 0.6) is 5.75 Å². The lowest BCUT2D eigenvalue weighted by Gasteiger charge is -2.28. The van der Waals surface area contributed by atoms with Crippen molar-refractivity contribution in [2.24, 2.45) is 11.7 Å². The zero-order valence-electron chi connectivity index (χ0n) is 10.3. The summed E-state index contributed by atoms with van der Waals surface area (Å²) in [4.78, 5) is 0. The Kier molecular flexibility index (Phi) is 4.00. The molecule has 1 saturated carbocycles. The van der Waals surface area contributed by atoms with Crippen LogP contribution in [0.4, 0.5) is 4.39 Å². The fourth-order valence-electron chi connectivity index (χ4n) is 2.65. The Balaban J connectivity index is 2.15. The first-order valence-electron chi connectivity index (χ1n) is 6.31. The van der Waals surface area contributed by atoms with Crippen LogP contribution < -0.4 is 10.5 Å². The van der Waals surface area contributed by atoms with Crippen LogP contribution in [0.1, 0.15) is 43.7 Å². The van der Waals surface area contributed by atoms with E-state index in [1.165, 1.54) is 45.3 Å². The molecule has 0 aromatic heterocycles. The topological polar surface area (TPSA) is 35.2 Å². The van der Waals surface area contributed by atoms with Crippen LogP contribution in [0.3, 0.4) is 0 Å². The maximum atomic E-state index is 13.3. The molecule has 0 radical (unpaired) electrons. The van der Waals surface area contributed by atoms with Gasteiger partial charge < -0.3 is 10.5 Å². The molecule has 1 unspecified atom stereocenters. The second-order valence-electron chi connectivity index (χ2n) is 4.82. The average Bonchev–Trinajstić information content (AvgIpc) is 2.39. The average molecular weight is 237 g/mol. The van der Waals surface area contributed by atoms with Gasteiger partial charge in [-0.15, -0.1) is 0 Å².